The van der Waals surface area contributed by atoms with Crippen LogP contribution >= 0.6 is 0 Å². The van der Waals surface area contributed by atoms with E-state index in [2.05, 4.69) is 11.8 Å². The number of ketones is 1. The fourth-order valence-electron chi connectivity index (χ4n) is 1.28. The predicted octanol–water partition coefficient (Wildman–Crippen LogP) is 1.65. The van der Waals surface area contributed by atoms with Crippen LogP contribution in [0.25, 0.3) is 0 Å². The summed E-state index contributed by atoms with van der Waals surface area (Å²) in [6.45, 7) is 3.25. The van der Waals surface area contributed by atoms with Crippen molar-refractivity contribution in [1.82, 2.24) is 0 Å². The maximum absolute atomic E-state index is 11.7. The molecular formula is C12H12O4. The van der Waals surface area contributed by atoms with E-state index in [1.807, 2.05) is 0 Å². The minimum atomic E-state index is -0.634. The Morgan fingerprint density at radius 3 is 2.19 bits per heavy atom. The average Bonchev–Trinajstić information content (AvgIpc) is 2.24. The molecule has 84 valence electrons. The van der Waals surface area contributed by atoms with Gasteiger partial charge in [0.05, 0.1) is 5.92 Å². The van der Waals surface area contributed by atoms with Crippen molar-refractivity contribution in [2.24, 2.45) is 5.92 Å². The molecule has 0 aliphatic rings. The minimum Gasteiger partial charge on any atom is -0.504 e. The van der Waals surface area contributed by atoms with Gasteiger partial charge in [0.2, 0.25) is 0 Å². The van der Waals surface area contributed by atoms with Gasteiger partial charge in [-0.2, -0.15) is 0 Å². The van der Waals surface area contributed by atoms with Crippen LogP contribution < -0.4 is 0 Å². The highest BCUT2D eigenvalue weighted by Crippen LogP contribution is 2.35. The first kappa shape index (κ1) is 11.9. The molecule has 16 heavy (non-hydrogen) atoms. The summed E-state index contributed by atoms with van der Waals surface area (Å²) < 4.78 is 0. The van der Waals surface area contributed by atoms with Gasteiger partial charge in [-0.25, -0.2) is 0 Å². The summed E-state index contributed by atoms with van der Waals surface area (Å²) >= 11 is 0. The van der Waals surface area contributed by atoms with Crippen LogP contribution in [0, 0.1) is 17.8 Å². The second-order valence-corrected chi connectivity index (χ2v) is 3.34. The van der Waals surface area contributed by atoms with E-state index in [4.69, 9.17) is 5.11 Å². The number of phenolic OH excluding ortho intramolecular Hbond substituents is 3. The van der Waals surface area contributed by atoms with Crippen LogP contribution in [0.1, 0.15) is 24.2 Å². The summed E-state index contributed by atoms with van der Waals surface area (Å²) in [5.41, 5.74) is 0.114. The Morgan fingerprint density at radius 2 is 1.75 bits per heavy atom. The Balaban J connectivity index is 3.14. The van der Waals surface area contributed by atoms with E-state index in [1.54, 1.807) is 13.8 Å². The molecule has 1 unspecified atom stereocenters. The van der Waals surface area contributed by atoms with E-state index in [-0.39, 0.29) is 11.3 Å². The molecule has 0 amide bonds. The molecule has 0 heterocycles. The van der Waals surface area contributed by atoms with E-state index >= 15 is 0 Å². The Kier molecular flexibility index (Phi) is 3.41. The summed E-state index contributed by atoms with van der Waals surface area (Å²) in [6.07, 6.45) is 0. The van der Waals surface area contributed by atoms with Crippen LogP contribution in [0.15, 0.2) is 12.1 Å². The topological polar surface area (TPSA) is 77.8 Å². The van der Waals surface area contributed by atoms with Crippen LogP contribution in [-0.2, 0) is 0 Å². The highest BCUT2D eigenvalue weighted by atomic mass is 16.3. The smallest absolute Gasteiger partial charge is 0.200 e. The molecule has 0 bridgehead atoms. The van der Waals surface area contributed by atoms with Gasteiger partial charge in [-0.3, -0.25) is 4.79 Å². The molecule has 0 aliphatic carbocycles. The van der Waals surface area contributed by atoms with Gasteiger partial charge in [-0.15, -0.1) is 5.92 Å². The number of hydrogen-bond donors (Lipinski definition) is 3. The number of rotatable bonds is 2. The highest BCUT2D eigenvalue weighted by molar-refractivity contribution is 6.00. The Labute approximate surface area is 93.2 Å². The number of benzene rings is 1. The van der Waals surface area contributed by atoms with Crippen LogP contribution in [0.5, 0.6) is 17.2 Å². The van der Waals surface area contributed by atoms with E-state index < -0.39 is 23.2 Å². The molecule has 4 heteroatoms. The summed E-state index contributed by atoms with van der Waals surface area (Å²) in [6, 6.07) is 2.20. The van der Waals surface area contributed by atoms with Crippen LogP contribution in [0.4, 0.5) is 0 Å². The van der Waals surface area contributed by atoms with Crippen molar-refractivity contribution < 1.29 is 20.1 Å². The van der Waals surface area contributed by atoms with Gasteiger partial charge >= 0.3 is 0 Å². The fourth-order valence-corrected chi connectivity index (χ4v) is 1.28. The number of hydrogen-bond acceptors (Lipinski definition) is 4. The van der Waals surface area contributed by atoms with Crippen molar-refractivity contribution in [3.05, 3.63) is 17.7 Å². The molecule has 0 saturated carbocycles. The zero-order valence-corrected chi connectivity index (χ0v) is 8.98. The van der Waals surface area contributed by atoms with E-state index in [0.717, 1.165) is 12.1 Å². The van der Waals surface area contributed by atoms with E-state index in [9.17, 15) is 15.0 Å². The third kappa shape index (κ3) is 2.26. The largest absolute Gasteiger partial charge is 0.504 e. The summed E-state index contributed by atoms with van der Waals surface area (Å²) in [7, 11) is 0. The molecule has 4 nitrogen and oxygen atoms in total. The quantitative estimate of drug-likeness (QED) is 0.402. The van der Waals surface area contributed by atoms with Crippen molar-refractivity contribution in [3.8, 4) is 29.1 Å². The lowest BCUT2D eigenvalue weighted by molar-refractivity contribution is 0.0956. The molecule has 0 aliphatic heterocycles. The van der Waals surface area contributed by atoms with Crippen LogP contribution in [-0.4, -0.2) is 21.1 Å². The lowest BCUT2D eigenvalue weighted by Gasteiger charge is -2.06. The van der Waals surface area contributed by atoms with Crippen molar-refractivity contribution in [1.29, 1.82) is 0 Å². The van der Waals surface area contributed by atoms with E-state index in [1.165, 1.54) is 0 Å². The number of carbonyl (C=O) groups excluding carboxylic acids is 1. The Bertz CT molecular complexity index is 457. The molecule has 1 aromatic carbocycles. The molecule has 0 saturated heterocycles. The normalized spacial score (nSPS) is 11.4. The van der Waals surface area contributed by atoms with Gasteiger partial charge in [0.15, 0.2) is 23.0 Å². The molecule has 0 fully saturated rings. The van der Waals surface area contributed by atoms with Gasteiger partial charge < -0.3 is 15.3 Å². The maximum atomic E-state index is 11.7. The zero-order valence-electron chi connectivity index (χ0n) is 8.98. The third-order valence-electron chi connectivity index (χ3n) is 2.11. The summed E-state index contributed by atoms with van der Waals surface area (Å²) in [5, 5.41) is 27.6. The van der Waals surface area contributed by atoms with Gasteiger partial charge in [0.1, 0.15) is 0 Å². The third-order valence-corrected chi connectivity index (χ3v) is 2.11. The lowest BCUT2D eigenvalue weighted by Crippen LogP contribution is -2.09. The predicted molar refractivity (Wildman–Crippen MR) is 58.4 cm³/mol. The Morgan fingerprint density at radius 1 is 1.25 bits per heavy atom. The molecule has 3 N–H and O–H groups in total. The van der Waals surface area contributed by atoms with Gasteiger partial charge in [0, 0.05) is 5.56 Å². The minimum absolute atomic E-state index is 0.114. The fraction of sp³-hybridized carbons (Fsp3) is 0.250. The lowest BCUT2D eigenvalue weighted by atomic mass is 9.99. The van der Waals surface area contributed by atoms with Gasteiger partial charge in [0.25, 0.3) is 0 Å². The average molecular weight is 220 g/mol. The summed E-state index contributed by atoms with van der Waals surface area (Å²) in [5.74, 6) is 2.76. The molecule has 0 radical (unpaired) electrons. The monoisotopic (exact) mass is 220 g/mol. The summed E-state index contributed by atoms with van der Waals surface area (Å²) in [4.78, 5) is 11.7. The molecular weight excluding hydrogens is 208 g/mol. The van der Waals surface area contributed by atoms with Crippen molar-refractivity contribution >= 4 is 5.78 Å². The van der Waals surface area contributed by atoms with E-state index in [0.29, 0.717) is 0 Å². The van der Waals surface area contributed by atoms with Crippen molar-refractivity contribution in [3.63, 3.8) is 0 Å². The highest BCUT2D eigenvalue weighted by Gasteiger charge is 2.17. The van der Waals surface area contributed by atoms with Crippen LogP contribution in [0.3, 0.4) is 0 Å². The molecule has 1 atom stereocenters. The standard InChI is InChI=1S/C12H12O4/c1-3-4-7(2)11(15)8-5-9(13)12(16)10(14)6-8/h5-7,13-14,16H,1-2H3. The molecule has 1 rings (SSSR count). The first-order valence-corrected chi connectivity index (χ1v) is 4.68. The second-order valence-electron chi connectivity index (χ2n) is 3.34. The van der Waals surface area contributed by atoms with Crippen molar-refractivity contribution in [2.75, 3.05) is 0 Å². The van der Waals surface area contributed by atoms with Crippen LogP contribution in [0.2, 0.25) is 0 Å². The number of aromatic hydroxyl groups is 3. The first-order valence-electron chi connectivity index (χ1n) is 4.68. The second kappa shape index (κ2) is 4.58. The number of phenols is 3. The molecule has 1 aromatic rings. The maximum Gasteiger partial charge on any atom is 0.200 e. The number of carbonyl (C=O) groups is 1. The molecule has 0 spiro atoms. The van der Waals surface area contributed by atoms with Gasteiger partial charge in [-0.05, 0) is 26.0 Å². The SMILES string of the molecule is CC#CC(C)C(=O)c1cc(O)c(O)c(O)c1. The van der Waals surface area contributed by atoms with Crippen molar-refractivity contribution in [2.45, 2.75) is 13.8 Å². The first-order chi connectivity index (χ1) is 7.47. The molecule has 0 aromatic heterocycles. The van der Waals surface area contributed by atoms with Gasteiger partial charge in [-0.1, -0.05) is 5.92 Å². The Hall–Kier alpha value is -2.15. The zero-order chi connectivity index (χ0) is 12.3. The number of Topliss-reactive ketones (excluding diaryl/α,β-unsaturated/α-hetero) is 1.